The Balaban J connectivity index is 1.75. The van der Waals surface area contributed by atoms with Crippen molar-refractivity contribution in [3.05, 3.63) is 0 Å². The van der Waals surface area contributed by atoms with Crippen LogP contribution >= 0.6 is 11.8 Å². The zero-order valence-corrected chi connectivity index (χ0v) is 14.8. The summed E-state index contributed by atoms with van der Waals surface area (Å²) in [6.45, 7) is 3.54. The number of hydrogen-bond acceptors (Lipinski definition) is 2. The maximum Gasteiger partial charge on any atom is 0.00779 e. The van der Waals surface area contributed by atoms with E-state index in [0.717, 1.165) is 11.3 Å². The van der Waals surface area contributed by atoms with Gasteiger partial charge in [-0.1, -0.05) is 64.7 Å². The summed E-state index contributed by atoms with van der Waals surface area (Å²) in [5.74, 6) is 0. The zero-order valence-electron chi connectivity index (χ0n) is 14.0. The molecule has 0 aromatic heterocycles. The third-order valence-electron chi connectivity index (χ3n) is 4.68. The molecule has 0 spiro atoms. The van der Waals surface area contributed by atoms with E-state index in [0.29, 0.717) is 0 Å². The first kappa shape index (κ1) is 18.4. The van der Waals surface area contributed by atoms with Gasteiger partial charge in [-0.05, 0) is 38.5 Å². The van der Waals surface area contributed by atoms with Gasteiger partial charge in [-0.2, -0.15) is 11.8 Å². The van der Waals surface area contributed by atoms with Crippen LogP contribution in [0, 0.1) is 0 Å². The Bertz CT molecular complexity index is 208. The Labute approximate surface area is 132 Å². The third-order valence-corrected chi connectivity index (χ3v) is 5.78. The van der Waals surface area contributed by atoms with Crippen LogP contribution in [0.15, 0.2) is 0 Å². The second-order valence-electron chi connectivity index (χ2n) is 6.50. The van der Waals surface area contributed by atoms with E-state index in [4.69, 9.17) is 0 Å². The Hall–Kier alpha value is 0.310. The molecule has 0 aromatic carbocycles. The Morgan fingerprint density at radius 1 is 0.850 bits per heavy atom. The van der Waals surface area contributed by atoms with E-state index in [1.165, 1.54) is 90.0 Å². The molecule has 2 atom stereocenters. The summed E-state index contributed by atoms with van der Waals surface area (Å²) in [4.78, 5) is 0. The van der Waals surface area contributed by atoms with Crippen LogP contribution in [0.2, 0.25) is 0 Å². The predicted octanol–water partition coefficient (Wildman–Crippen LogP) is 5.78. The SMILES string of the molecule is CCCCCCCCCCCCNC1CCC(SC)C1. The average molecular weight is 300 g/mol. The summed E-state index contributed by atoms with van der Waals surface area (Å²) in [5.41, 5.74) is 0. The van der Waals surface area contributed by atoms with Gasteiger partial charge in [0.05, 0.1) is 0 Å². The fraction of sp³-hybridized carbons (Fsp3) is 1.00. The quantitative estimate of drug-likeness (QED) is 0.433. The second kappa shape index (κ2) is 13.0. The van der Waals surface area contributed by atoms with Crippen molar-refractivity contribution in [2.75, 3.05) is 12.8 Å². The minimum atomic E-state index is 0.825. The van der Waals surface area contributed by atoms with Gasteiger partial charge in [0.2, 0.25) is 0 Å². The van der Waals surface area contributed by atoms with Crippen LogP contribution in [-0.2, 0) is 0 Å². The lowest BCUT2D eigenvalue weighted by atomic mass is 10.1. The number of nitrogens with one attached hydrogen (secondary N) is 1. The topological polar surface area (TPSA) is 12.0 Å². The highest BCUT2D eigenvalue weighted by Crippen LogP contribution is 2.28. The van der Waals surface area contributed by atoms with Crippen molar-refractivity contribution in [2.24, 2.45) is 0 Å². The summed E-state index contributed by atoms with van der Waals surface area (Å²) in [6, 6.07) is 0.825. The summed E-state index contributed by atoms with van der Waals surface area (Å²) in [6.07, 6.45) is 20.9. The first-order valence-electron chi connectivity index (χ1n) is 9.13. The number of thioether (sulfide) groups is 1. The van der Waals surface area contributed by atoms with Crippen LogP contribution in [-0.4, -0.2) is 24.1 Å². The van der Waals surface area contributed by atoms with Crippen LogP contribution in [0.5, 0.6) is 0 Å². The standard InChI is InChI=1S/C18H37NS/c1-3-4-5-6-7-8-9-10-11-12-15-19-17-13-14-18(16-17)20-2/h17-19H,3-16H2,1-2H3. The molecule has 1 N–H and O–H groups in total. The van der Waals surface area contributed by atoms with Gasteiger partial charge in [-0.25, -0.2) is 0 Å². The minimum Gasteiger partial charge on any atom is -0.314 e. The van der Waals surface area contributed by atoms with E-state index < -0.39 is 0 Å². The molecule has 120 valence electrons. The highest BCUT2D eigenvalue weighted by atomic mass is 32.2. The van der Waals surface area contributed by atoms with Crippen LogP contribution in [0.4, 0.5) is 0 Å². The van der Waals surface area contributed by atoms with E-state index in [-0.39, 0.29) is 0 Å². The molecule has 1 nitrogen and oxygen atoms in total. The first-order valence-corrected chi connectivity index (χ1v) is 10.4. The third kappa shape index (κ3) is 9.28. The summed E-state index contributed by atoms with van der Waals surface area (Å²) >= 11 is 2.06. The molecule has 0 heterocycles. The van der Waals surface area contributed by atoms with Crippen LogP contribution in [0.3, 0.4) is 0 Å². The summed E-state index contributed by atoms with van der Waals surface area (Å²) < 4.78 is 0. The van der Waals surface area contributed by atoms with Crippen molar-refractivity contribution in [3.63, 3.8) is 0 Å². The van der Waals surface area contributed by atoms with Crippen molar-refractivity contribution < 1.29 is 0 Å². The number of unbranched alkanes of at least 4 members (excludes halogenated alkanes) is 9. The highest BCUT2D eigenvalue weighted by molar-refractivity contribution is 7.99. The average Bonchev–Trinajstić information content (AvgIpc) is 2.93. The molecule has 1 rings (SSSR count). The number of hydrogen-bond donors (Lipinski definition) is 1. The molecular weight excluding hydrogens is 262 g/mol. The maximum atomic E-state index is 3.76. The van der Waals surface area contributed by atoms with E-state index >= 15 is 0 Å². The van der Waals surface area contributed by atoms with Crippen molar-refractivity contribution in [2.45, 2.75) is 102 Å². The molecule has 2 unspecified atom stereocenters. The predicted molar refractivity (Wildman–Crippen MR) is 94.8 cm³/mol. The van der Waals surface area contributed by atoms with Crippen LogP contribution < -0.4 is 5.32 Å². The molecule has 20 heavy (non-hydrogen) atoms. The van der Waals surface area contributed by atoms with Gasteiger partial charge >= 0.3 is 0 Å². The fourth-order valence-corrected chi connectivity index (χ4v) is 4.05. The lowest BCUT2D eigenvalue weighted by molar-refractivity contribution is 0.494. The van der Waals surface area contributed by atoms with Crippen LogP contribution in [0.25, 0.3) is 0 Å². The van der Waals surface area contributed by atoms with Crippen molar-refractivity contribution in [1.29, 1.82) is 0 Å². The van der Waals surface area contributed by atoms with E-state index in [9.17, 15) is 0 Å². The lowest BCUT2D eigenvalue weighted by Gasteiger charge is -2.12. The monoisotopic (exact) mass is 299 g/mol. The van der Waals surface area contributed by atoms with Crippen molar-refractivity contribution in [1.82, 2.24) is 5.32 Å². The fourth-order valence-electron chi connectivity index (χ4n) is 3.26. The second-order valence-corrected chi connectivity index (χ2v) is 7.64. The molecule has 0 saturated heterocycles. The van der Waals surface area contributed by atoms with Gasteiger partial charge < -0.3 is 5.32 Å². The molecule has 2 heteroatoms. The molecular formula is C18H37NS. The van der Waals surface area contributed by atoms with Crippen molar-refractivity contribution >= 4 is 11.8 Å². The van der Waals surface area contributed by atoms with Crippen LogP contribution in [0.1, 0.15) is 90.4 Å². The van der Waals surface area contributed by atoms with Gasteiger partial charge in [-0.15, -0.1) is 0 Å². The maximum absolute atomic E-state index is 3.76. The molecule has 1 aliphatic rings. The number of rotatable bonds is 13. The van der Waals surface area contributed by atoms with Gasteiger partial charge in [0, 0.05) is 11.3 Å². The molecule has 0 aliphatic heterocycles. The smallest absolute Gasteiger partial charge is 0.00779 e. The van der Waals surface area contributed by atoms with E-state index in [2.05, 4.69) is 30.3 Å². The zero-order chi connectivity index (χ0) is 14.5. The van der Waals surface area contributed by atoms with Gasteiger partial charge in [-0.3, -0.25) is 0 Å². The first-order chi connectivity index (χ1) is 9.86. The normalized spacial score (nSPS) is 22.5. The lowest BCUT2D eigenvalue weighted by Crippen LogP contribution is -2.27. The minimum absolute atomic E-state index is 0.825. The Morgan fingerprint density at radius 2 is 1.45 bits per heavy atom. The highest BCUT2D eigenvalue weighted by Gasteiger charge is 2.22. The van der Waals surface area contributed by atoms with E-state index in [1.807, 2.05) is 0 Å². The molecule has 1 saturated carbocycles. The summed E-state index contributed by atoms with van der Waals surface area (Å²) in [7, 11) is 0. The van der Waals surface area contributed by atoms with Gasteiger partial charge in [0.25, 0.3) is 0 Å². The molecule has 0 bridgehead atoms. The molecule has 1 aliphatic carbocycles. The molecule has 0 amide bonds. The summed E-state index contributed by atoms with van der Waals surface area (Å²) in [5, 5.41) is 4.69. The largest absolute Gasteiger partial charge is 0.314 e. The van der Waals surface area contributed by atoms with Crippen molar-refractivity contribution in [3.8, 4) is 0 Å². The van der Waals surface area contributed by atoms with Gasteiger partial charge in [0.1, 0.15) is 0 Å². The Morgan fingerprint density at radius 3 is 2.00 bits per heavy atom. The molecule has 0 aromatic rings. The molecule has 1 fully saturated rings. The molecule has 0 radical (unpaired) electrons. The Kier molecular flexibility index (Phi) is 11.9. The van der Waals surface area contributed by atoms with E-state index in [1.54, 1.807) is 0 Å². The van der Waals surface area contributed by atoms with Gasteiger partial charge in [0.15, 0.2) is 0 Å².